The number of pyridine rings is 1. The first-order valence-corrected chi connectivity index (χ1v) is 15.8. The molecule has 3 aromatic carbocycles. The van der Waals surface area contributed by atoms with E-state index in [-0.39, 0.29) is 11.7 Å². The van der Waals surface area contributed by atoms with E-state index in [2.05, 4.69) is 27.2 Å². The van der Waals surface area contributed by atoms with Gasteiger partial charge in [0.05, 0.1) is 21.2 Å². The Morgan fingerprint density at radius 2 is 1.76 bits per heavy atom. The summed E-state index contributed by atoms with van der Waals surface area (Å²) in [6.07, 6.45) is 2.23. The third-order valence-corrected chi connectivity index (χ3v) is 8.92. The van der Waals surface area contributed by atoms with Crippen LogP contribution in [0.3, 0.4) is 0 Å². The number of halogens is 1. The lowest BCUT2D eigenvalue weighted by Gasteiger charge is -2.25. The molecule has 2 aliphatic rings. The van der Waals surface area contributed by atoms with E-state index in [0.717, 1.165) is 64.2 Å². The highest BCUT2D eigenvalue weighted by Crippen LogP contribution is 2.33. The van der Waals surface area contributed by atoms with Gasteiger partial charge in [0.2, 0.25) is 0 Å². The normalized spacial score (nSPS) is 18.0. The largest absolute Gasteiger partial charge is 0.444 e. The number of amides is 1. The molecule has 1 N–H and O–H groups in total. The zero-order valence-corrected chi connectivity index (χ0v) is 26.6. The van der Waals surface area contributed by atoms with Crippen LogP contribution in [0.2, 0.25) is 0 Å². The minimum absolute atomic E-state index is 0.149. The van der Waals surface area contributed by atoms with Gasteiger partial charge in [0.1, 0.15) is 17.7 Å². The van der Waals surface area contributed by atoms with Gasteiger partial charge in [0.15, 0.2) is 0 Å². The van der Waals surface area contributed by atoms with Gasteiger partial charge in [-0.05, 0) is 87.7 Å². The Morgan fingerprint density at radius 3 is 2.47 bits per heavy atom. The molecule has 5 aromatic rings. The number of aromatic nitrogens is 2. The van der Waals surface area contributed by atoms with Crippen molar-refractivity contribution >= 4 is 56.2 Å². The Kier molecular flexibility index (Phi) is 8.52. The molecule has 0 saturated carbocycles. The first-order chi connectivity index (χ1) is 21.6. The molecule has 2 aromatic heterocycles. The molecule has 2 fully saturated rings. The molecule has 0 radical (unpaired) electrons. The lowest BCUT2D eigenvalue weighted by Crippen LogP contribution is -2.37. The second-order valence-corrected chi connectivity index (χ2v) is 13.6. The number of carbonyl (C=O) groups is 2. The first kappa shape index (κ1) is 30.6. The molecule has 2 atom stereocenters. The number of carbonyl (C=O) groups excluding carboxylic acids is 2. The Bertz CT molecular complexity index is 1860. The van der Waals surface area contributed by atoms with Crippen molar-refractivity contribution in [3.8, 4) is 11.1 Å². The SMILES string of the molecule is CN1CC2CN(C(=O)OC(C)(C)C)CC2C1.O=Cc1ccc(-c2ccc3nccc(Nc4ccc5scnc5c4)c3c2)c(F)c1. The number of thiazole rings is 1. The molecule has 8 nitrogen and oxygen atoms in total. The fourth-order valence-corrected chi connectivity index (χ4v) is 6.71. The summed E-state index contributed by atoms with van der Waals surface area (Å²) in [6.45, 7) is 9.70. The van der Waals surface area contributed by atoms with Gasteiger partial charge in [-0.1, -0.05) is 18.2 Å². The summed E-state index contributed by atoms with van der Waals surface area (Å²) in [4.78, 5) is 35.7. The van der Waals surface area contributed by atoms with E-state index in [9.17, 15) is 14.0 Å². The van der Waals surface area contributed by atoms with Crippen LogP contribution in [0.15, 0.2) is 72.4 Å². The van der Waals surface area contributed by atoms with Crippen LogP contribution in [0.4, 0.5) is 20.6 Å². The van der Waals surface area contributed by atoms with Gasteiger partial charge < -0.3 is 19.9 Å². The number of anilines is 2. The lowest BCUT2D eigenvalue weighted by molar-refractivity contribution is 0.0276. The number of fused-ring (bicyclic) bond motifs is 3. The number of hydrogen-bond donors (Lipinski definition) is 1. The van der Waals surface area contributed by atoms with Crippen molar-refractivity contribution in [1.29, 1.82) is 0 Å². The molecule has 0 bridgehead atoms. The average Bonchev–Trinajstić information content (AvgIpc) is 3.71. The number of ether oxygens (including phenoxy) is 1. The van der Waals surface area contributed by atoms with Crippen LogP contribution in [0.1, 0.15) is 31.1 Å². The molecule has 2 saturated heterocycles. The van der Waals surface area contributed by atoms with Crippen molar-refractivity contribution in [1.82, 2.24) is 19.8 Å². The van der Waals surface area contributed by atoms with Crippen LogP contribution in [0.25, 0.3) is 32.2 Å². The quantitative estimate of drug-likeness (QED) is 0.206. The summed E-state index contributed by atoms with van der Waals surface area (Å²) in [5.41, 5.74) is 6.45. The van der Waals surface area contributed by atoms with Crippen LogP contribution in [0.5, 0.6) is 0 Å². The molecule has 10 heteroatoms. The molecule has 7 rings (SSSR count). The average molecular weight is 626 g/mol. The molecule has 45 heavy (non-hydrogen) atoms. The predicted molar refractivity (Wildman–Crippen MR) is 178 cm³/mol. The molecular weight excluding hydrogens is 589 g/mol. The van der Waals surface area contributed by atoms with Gasteiger partial charge in [-0.2, -0.15) is 0 Å². The third kappa shape index (κ3) is 6.97. The standard InChI is InChI=1S/C23H14FN3OS.C12H22N2O2/c24-19-9-14(12-28)1-4-17(19)15-2-5-20-18(10-15)21(7-8-25-20)27-16-3-6-23-22(11-16)26-13-29-23;1-12(2,3)16-11(15)14-7-9-5-13(4)6-10(9)8-14/h1-13H,(H,25,27);9-10H,5-8H2,1-4H3. The highest BCUT2D eigenvalue weighted by atomic mass is 32.1. The first-order valence-electron chi connectivity index (χ1n) is 15.0. The topological polar surface area (TPSA) is 87.7 Å². The second kappa shape index (κ2) is 12.5. The summed E-state index contributed by atoms with van der Waals surface area (Å²) < 4.78 is 21.0. The molecular formula is C35H36FN5O3S. The Labute approximate surface area is 265 Å². The van der Waals surface area contributed by atoms with Gasteiger partial charge in [0, 0.05) is 60.3 Å². The van der Waals surface area contributed by atoms with Crippen molar-refractivity contribution in [2.75, 3.05) is 38.5 Å². The number of hydrogen-bond acceptors (Lipinski definition) is 8. The molecule has 1 amide bonds. The van der Waals surface area contributed by atoms with Crippen LogP contribution >= 0.6 is 11.3 Å². The van der Waals surface area contributed by atoms with Gasteiger partial charge in [0.25, 0.3) is 0 Å². The van der Waals surface area contributed by atoms with E-state index in [1.165, 1.54) is 6.07 Å². The smallest absolute Gasteiger partial charge is 0.410 e. The van der Waals surface area contributed by atoms with Crippen molar-refractivity contribution < 1.29 is 18.7 Å². The fraction of sp³-hybridized carbons (Fsp3) is 0.314. The van der Waals surface area contributed by atoms with Gasteiger partial charge in [-0.3, -0.25) is 9.78 Å². The van der Waals surface area contributed by atoms with E-state index in [1.807, 2.05) is 73.6 Å². The van der Waals surface area contributed by atoms with Gasteiger partial charge in [-0.15, -0.1) is 11.3 Å². The summed E-state index contributed by atoms with van der Waals surface area (Å²) in [7, 11) is 2.15. The summed E-state index contributed by atoms with van der Waals surface area (Å²) in [5, 5.41) is 4.30. The molecule has 4 heterocycles. The minimum Gasteiger partial charge on any atom is -0.444 e. The number of likely N-dealkylation sites (tertiary alicyclic amines) is 2. The van der Waals surface area contributed by atoms with E-state index < -0.39 is 5.82 Å². The molecule has 2 unspecified atom stereocenters. The molecule has 0 spiro atoms. The highest BCUT2D eigenvalue weighted by Gasteiger charge is 2.41. The van der Waals surface area contributed by atoms with Crippen LogP contribution in [-0.2, 0) is 4.74 Å². The van der Waals surface area contributed by atoms with Crippen molar-refractivity contribution in [2.45, 2.75) is 26.4 Å². The van der Waals surface area contributed by atoms with E-state index in [1.54, 1.807) is 29.7 Å². The fourth-order valence-electron chi connectivity index (χ4n) is 6.06. The number of nitrogens with zero attached hydrogens (tertiary/aromatic N) is 4. The maximum atomic E-state index is 14.5. The molecule has 232 valence electrons. The Hall–Kier alpha value is -4.41. The lowest BCUT2D eigenvalue weighted by atomic mass is 10.0. The van der Waals surface area contributed by atoms with E-state index in [0.29, 0.717) is 29.2 Å². The zero-order valence-electron chi connectivity index (χ0n) is 25.8. The second-order valence-electron chi connectivity index (χ2n) is 12.7. The van der Waals surface area contributed by atoms with Crippen molar-refractivity contribution in [3.63, 3.8) is 0 Å². The van der Waals surface area contributed by atoms with Crippen LogP contribution in [0, 0.1) is 17.7 Å². The predicted octanol–water partition coefficient (Wildman–Crippen LogP) is 7.62. The monoisotopic (exact) mass is 625 g/mol. The summed E-state index contributed by atoms with van der Waals surface area (Å²) >= 11 is 1.60. The zero-order chi connectivity index (χ0) is 31.7. The van der Waals surface area contributed by atoms with Gasteiger partial charge in [-0.25, -0.2) is 14.2 Å². The number of benzene rings is 3. The van der Waals surface area contributed by atoms with E-state index in [4.69, 9.17) is 4.74 Å². The maximum Gasteiger partial charge on any atom is 0.410 e. The van der Waals surface area contributed by atoms with Gasteiger partial charge >= 0.3 is 6.09 Å². The summed E-state index contributed by atoms with van der Waals surface area (Å²) in [5.74, 6) is 0.872. The van der Waals surface area contributed by atoms with E-state index >= 15 is 0 Å². The van der Waals surface area contributed by atoms with Crippen molar-refractivity contribution in [3.05, 3.63) is 83.8 Å². The summed E-state index contributed by atoms with van der Waals surface area (Å²) in [6, 6.07) is 18.0. The van der Waals surface area contributed by atoms with Crippen molar-refractivity contribution in [2.24, 2.45) is 11.8 Å². The maximum absolute atomic E-state index is 14.5. The third-order valence-electron chi connectivity index (χ3n) is 8.11. The Morgan fingerprint density at radius 1 is 0.978 bits per heavy atom. The number of nitrogens with one attached hydrogen (secondary N) is 1. The minimum atomic E-state index is -0.429. The number of aldehydes is 1. The Balaban J connectivity index is 0.000000189. The molecule has 2 aliphatic heterocycles. The molecule has 0 aliphatic carbocycles. The highest BCUT2D eigenvalue weighted by molar-refractivity contribution is 7.16. The van der Waals surface area contributed by atoms with Crippen LogP contribution in [-0.4, -0.2) is 71.0 Å². The number of rotatable bonds is 4. The van der Waals surface area contributed by atoms with Crippen LogP contribution < -0.4 is 5.32 Å².